The highest BCUT2D eigenvalue weighted by molar-refractivity contribution is 5.55. The number of pyridine rings is 1. The van der Waals surface area contributed by atoms with E-state index < -0.39 is 0 Å². The first-order valence-electron chi connectivity index (χ1n) is 7.32. The largest absolute Gasteiger partial charge is 0.493 e. The van der Waals surface area contributed by atoms with Crippen LogP contribution in [0.4, 0.5) is 0 Å². The second kappa shape index (κ2) is 8.85. The normalized spacial score (nSPS) is 10.2. The Balaban J connectivity index is 1.88. The van der Waals surface area contributed by atoms with Crippen LogP contribution in [0, 0.1) is 0 Å². The quantitative estimate of drug-likeness (QED) is 0.716. The van der Waals surface area contributed by atoms with Crippen LogP contribution in [0.1, 0.15) is 5.56 Å². The molecule has 124 valence electrons. The van der Waals surface area contributed by atoms with Crippen LogP contribution in [0.3, 0.4) is 0 Å². The molecule has 0 radical (unpaired) electrons. The fourth-order valence-electron chi connectivity index (χ4n) is 2.19. The molecule has 2 rings (SSSR count). The van der Waals surface area contributed by atoms with E-state index in [-0.39, 0.29) is 0 Å². The number of ether oxygens (including phenoxy) is 4. The minimum atomic E-state index is 0.534. The first-order valence-corrected chi connectivity index (χ1v) is 7.32. The van der Waals surface area contributed by atoms with Crippen molar-refractivity contribution in [2.45, 2.75) is 6.54 Å². The third kappa shape index (κ3) is 4.50. The number of nitrogens with one attached hydrogen (secondary N) is 1. The van der Waals surface area contributed by atoms with Crippen LogP contribution in [-0.2, 0) is 6.54 Å². The second-order valence-electron chi connectivity index (χ2n) is 4.69. The summed E-state index contributed by atoms with van der Waals surface area (Å²) in [6.45, 7) is 1.86. The van der Waals surface area contributed by atoms with E-state index in [2.05, 4.69) is 10.3 Å². The molecule has 6 heteroatoms. The van der Waals surface area contributed by atoms with Crippen molar-refractivity contribution >= 4 is 0 Å². The summed E-state index contributed by atoms with van der Waals surface area (Å²) in [7, 11) is 4.81. The SMILES string of the molecule is COc1ccc(CNCCOc2ccccn2)c(OC)c1OC. The summed E-state index contributed by atoms with van der Waals surface area (Å²) in [6.07, 6.45) is 1.71. The molecule has 2 aromatic rings. The molecule has 1 aromatic carbocycles. The minimum absolute atomic E-state index is 0.534. The molecule has 1 N–H and O–H groups in total. The summed E-state index contributed by atoms with van der Waals surface area (Å²) in [5.74, 6) is 2.54. The average Bonchev–Trinajstić information content (AvgIpc) is 2.61. The van der Waals surface area contributed by atoms with E-state index in [9.17, 15) is 0 Å². The van der Waals surface area contributed by atoms with E-state index in [0.29, 0.717) is 42.8 Å². The van der Waals surface area contributed by atoms with Crippen molar-refractivity contribution in [1.29, 1.82) is 0 Å². The highest BCUT2D eigenvalue weighted by Crippen LogP contribution is 2.39. The number of rotatable bonds is 9. The maximum absolute atomic E-state index is 5.53. The summed E-state index contributed by atoms with van der Waals surface area (Å²) in [4.78, 5) is 4.10. The van der Waals surface area contributed by atoms with Crippen molar-refractivity contribution in [3.8, 4) is 23.1 Å². The van der Waals surface area contributed by atoms with Gasteiger partial charge in [0, 0.05) is 30.9 Å². The Bertz CT molecular complexity index is 605. The fraction of sp³-hybridized carbons (Fsp3) is 0.353. The zero-order valence-corrected chi connectivity index (χ0v) is 13.7. The lowest BCUT2D eigenvalue weighted by Crippen LogP contribution is -2.21. The molecule has 0 saturated heterocycles. The Morgan fingerprint density at radius 3 is 2.43 bits per heavy atom. The smallest absolute Gasteiger partial charge is 0.213 e. The summed E-state index contributed by atoms with van der Waals surface area (Å²) in [6, 6.07) is 9.39. The van der Waals surface area contributed by atoms with Gasteiger partial charge in [-0.05, 0) is 12.1 Å². The van der Waals surface area contributed by atoms with Gasteiger partial charge in [0.15, 0.2) is 11.5 Å². The van der Waals surface area contributed by atoms with Crippen LogP contribution >= 0.6 is 0 Å². The lowest BCUT2D eigenvalue weighted by atomic mass is 10.1. The Morgan fingerprint density at radius 2 is 1.78 bits per heavy atom. The van der Waals surface area contributed by atoms with E-state index in [1.807, 2.05) is 30.3 Å². The number of benzene rings is 1. The summed E-state index contributed by atoms with van der Waals surface area (Å²) in [5, 5.41) is 3.31. The third-order valence-corrected chi connectivity index (χ3v) is 3.27. The van der Waals surface area contributed by atoms with Crippen LogP contribution in [-0.4, -0.2) is 39.5 Å². The van der Waals surface area contributed by atoms with Gasteiger partial charge in [0.05, 0.1) is 21.3 Å². The van der Waals surface area contributed by atoms with Crippen LogP contribution < -0.4 is 24.3 Å². The Kier molecular flexibility index (Phi) is 6.50. The zero-order chi connectivity index (χ0) is 16.5. The van der Waals surface area contributed by atoms with Crippen molar-refractivity contribution in [1.82, 2.24) is 10.3 Å². The molecule has 0 amide bonds. The maximum atomic E-state index is 5.53. The molecule has 0 aliphatic heterocycles. The molecule has 0 aliphatic rings. The zero-order valence-electron chi connectivity index (χ0n) is 13.7. The lowest BCUT2D eigenvalue weighted by Gasteiger charge is -2.16. The number of hydrogen-bond acceptors (Lipinski definition) is 6. The molecular weight excluding hydrogens is 296 g/mol. The lowest BCUT2D eigenvalue weighted by molar-refractivity contribution is 0.300. The molecule has 0 unspecified atom stereocenters. The first-order chi connectivity index (χ1) is 11.3. The number of hydrogen-bond donors (Lipinski definition) is 1. The van der Waals surface area contributed by atoms with Gasteiger partial charge in [-0.2, -0.15) is 0 Å². The second-order valence-corrected chi connectivity index (χ2v) is 4.69. The molecule has 0 aliphatic carbocycles. The highest BCUT2D eigenvalue weighted by Gasteiger charge is 2.15. The van der Waals surface area contributed by atoms with Gasteiger partial charge in [0.1, 0.15) is 6.61 Å². The summed E-state index contributed by atoms with van der Waals surface area (Å²) < 4.78 is 21.6. The van der Waals surface area contributed by atoms with E-state index in [4.69, 9.17) is 18.9 Å². The van der Waals surface area contributed by atoms with Crippen molar-refractivity contribution in [2.75, 3.05) is 34.5 Å². The Morgan fingerprint density at radius 1 is 0.957 bits per heavy atom. The van der Waals surface area contributed by atoms with E-state index in [0.717, 1.165) is 5.56 Å². The first kappa shape index (κ1) is 16.9. The number of methoxy groups -OCH3 is 3. The monoisotopic (exact) mass is 318 g/mol. The predicted octanol–water partition coefficient (Wildman–Crippen LogP) is 2.28. The van der Waals surface area contributed by atoms with Gasteiger partial charge in [-0.25, -0.2) is 4.98 Å². The third-order valence-electron chi connectivity index (χ3n) is 3.27. The van der Waals surface area contributed by atoms with Gasteiger partial charge in [-0.3, -0.25) is 0 Å². The molecule has 0 atom stereocenters. The van der Waals surface area contributed by atoms with Gasteiger partial charge in [0.2, 0.25) is 11.6 Å². The standard InChI is InChI=1S/C17H22N2O4/c1-20-14-8-7-13(16(21-2)17(14)22-3)12-18-10-11-23-15-6-4-5-9-19-15/h4-9,18H,10-12H2,1-3H3. The molecule has 0 bridgehead atoms. The molecule has 6 nitrogen and oxygen atoms in total. The average molecular weight is 318 g/mol. The summed E-state index contributed by atoms with van der Waals surface area (Å²) >= 11 is 0. The molecule has 1 heterocycles. The van der Waals surface area contributed by atoms with Gasteiger partial charge >= 0.3 is 0 Å². The Labute approximate surface area is 136 Å². The van der Waals surface area contributed by atoms with E-state index in [1.54, 1.807) is 27.5 Å². The van der Waals surface area contributed by atoms with Crippen molar-refractivity contribution in [2.24, 2.45) is 0 Å². The van der Waals surface area contributed by atoms with Crippen LogP contribution in [0.2, 0.25) is 0 Å². The molecule has 1 aromatic heterocycles. The van der Waals surface area contributed by atoms with E-state index in [1.165, 1.54) is 0 Å². The van der Waals surface area contributed by atoms with Gasteiger partial charge < -0.3 is 24.3 Å². The highest BCUT2D eigenvalue weighted by atomic mass is 16.5. The van der Waals surface area contributed by atoms with Gasteiger partial charge in [-0.1, -0.05) is 12.1 Å². The number of aromatic nitrogens is 1. The van der Waals surface area contributed by atoms with Gasteiger partial charge in [0.25, 0.3) is 0 Å². The Hall–Kier alpha value is -2.47. The molecule has 23 heavy (non-hydrogen) atoms. The minimum Gasteiger partial charge on any atom is -0.493 e. The molecule has 0 saturated carbocycles. The molecule has 0 fully saturated rings. The molecular formula is C17H22N2O4. The van der Waals surface area contributed by atoms with Crippen LogP contribution in [0.15, 0.2) is 36.5 Å². The van der Waals surface area contributed by atoms with Gasteiger partial charge in [-0.15, -0.1) is 0 Å². The van der Waals surface area contributed by atoms with Crippen LogP contribution in [0.5, 0.6) is 23.1 Å². The van der Waals surface area contributed by atoms with Crippen molar-refractivity contribution in [3.63, 3.8) is 0 Å². The van der Waals surface area contributed by atoms with Crippen molar-refractivity contribution in [3.05, 3.63) is 42.1 Å². The predicted molar refractivity (Wildman–Crippen MR) is 87.5 cm³/mol. The fourth-order valence-corrected chi connectivity index (χ4v) is 2.19. The topological polar surface area (TPSA) is 61.8 Å². The van der Waals surface area contributed by atoms with Crippen LogP contribution in [0.25, 0.3) is 0 Å². The van der Waals surface area contributed by atoms with E-state index >= 15 is 0 Å². The summed E-state index contributed by atoms with van der Waals surface area (Å²) in [5.41, 5.74) is 0.989. The molecule has 0 spiro atoms. The number of nitrogens with zero attached hydrogens (tertiary/aromatic N) is 1. The maximum Gasteiger partial charge on any atom is 0.213 e. The van der Waals surface area contributed by atoms with Crippen molar-refractivity contribution < 1.29 is 18.9 Å².